The van der Waals surface area contributed by atoms with Crippen LogP contribution in [-0.2, 0) is 4.79 Å². The van der Waals surface area contributed by atoms with E-state index in [0.29, 0.717) is 22.6 Å². The highest BCUT2D eigenvalue weighted by molar-refractivity contribution is 5.87. The molecule has 0 saturated heterocycles. The second kappa shape index (κ2) is 9.30. The average Bonchev–Trinajstić information content (AvgIpc) is 2.81. The number of benzene rings is 2. The third-order valence-electron chi connectivity index (χ3n) is 4.69. The summed E-state index contributed by atoms with van der Waals surface area (Å²) in [6.45, 7) is 0. The van der Waals surface area contributed by atoms with Gasteiger partial charge in [-0.1, -0.05) is 54.6 Å². The molecule has 3 N–H and O–H groups in total. The third kappa shape index (κ3) is 4.92. The number of pyridine rings is 1. The first-order chi connectivity index (χ1) is 15.5. The number of carboxylic acid groups (broad SMARTS) is 1. The molecule has 0 radical (unpaired) electrons. The number of carbonyl (C=O) groups is 1. The quantitative estimate of drug-likeness (QED) is 0.318. The molecule has 0 fully saturated rings. The van der Waals surface area contributed by atoms with Gasteiger partial charge in [0, 0.05) is 23.4 Å². The first kappa shape index (κ1) is 21.0. The second-order valence-corrected chi connectivity index (χ2v) is 6.96. The summed E-state index contributed by atoms with van der Waals surface area (Å²) in [4.78, 5) is 24.6. The van der Waals surface area contributed by atoms with Crippen molar-refractivity contribution in [2.45, 2.75) is 6.29 Å². The summed E-state index contributed by atoms with van der Waals surface area (Å²) >= 11 is 0. The van der Waals surface area contributed by atoms with E-state index >= 15 is 0 Å². The Morgan fingerprint density at radius 2 is 1.41 bits per heavy atom. The number of hydrogen-bond acceptors (Lipinski definition) is 6. The fourth-order valence-corrected chi connectivity index (χ4v) is 3.17. The van der Waals surface area contributed by atoms with Crippen molar-refractivity contribution in [1.29, 1.82) is 0 Å². The maximum atomic E-state index is 10.7. The van der Waals surface area contributed by atoms with Crippen LogP contribution in [0.4, 0.5) is 0 Å². The number of aliphatic carboxylic acids is 1. The molecule has 0 aliphatic rings. The molecule has 32 heavy (non-hydrogen) atoms. The normalized spacial score (nSPS) is 11.7. The number of nitrogens with zero attached hydrogens (tertiary/aromatic N) is 3. The highest BCUT2D eigenvalue weighted by Gasteiger charge is 2.14. The minimum Gasteiger partial charge on any atom is -0.478 e. The Morgan fingerprint density at radius 3 is 2.00 bits per heavy atom. The molecule has 0 spiro atoms. The number of aliphatic hydroxyl groups excluding tert-OH is 1. The van der Waals surface area contributed by atoms with Crippen LogP contribution in [0.3, 0.4) is 0 Å². The molecule has 0 aliphatic heterocycles. The van der Waals surface area contributed by atoms with Gasteiger partial charge in [-0.2, -0.15) is 0 Å². The Hall–Kier alpha value is -4.20. The molecule has 0 atom stereocenters. The van der Waals surface area contributed by atoms with E-state index in [-0.39, 0.29) is 0 Å². The molecule has 4 rings (SSSR count). The first-order valence-electron chi connectivity index (χ1n) is 9.78. The summed E-state index contributed by atoms with van der Waals surface area (Å²) in [7, 11) is 0. The average molecular weight is 425 g/mol. The molecule has 0 amide bonds. The molecule has 0 bridgehead atoms. The Labute approximate surface area is 183 Å². The summed E-state index contributed by atoms with van der Waals surface area (Å²) in [5.74, 6) is -1.00. The minimum absolute atomic E-state index is 0.527. The lowest BCUT2D eigenvalue weighted by Gasteiger charge is -2.11. The van der Waals surface area contributed by atoms with Gasteiger partial charge in [-0.05, 0) is 35.4 Å². The lowest BCUT2D eigenvalue weighted by Crippen LogP contribution is -1.97. The van der Waals surface area contributed by atoms with E-state index in [2.05, 4.69) is 4.98 Å². The van der Waals surface area contributed by atoms with Crippen molar-refractivity contribution in [3.05, 3.63) is 90.1 Å². The minimum atomic E-state index is -1.51. The van der Waals surface area contributed by atoms with Crippen LogP contribution in [0.2, 0.25) is 0 Å². The van der Waals surface area contributed by atoms with E-state index in [1.807, 2.05) is 54.6 Å². The van der Waals surface area contributed by atoms with E-state index in [0.717, 1.165) is 28.3 Å². The molecule has 0 unspecified atom stereocenters. The lowest BCUT2D eigenvalue weighted by molar-refractivity contribution is -0.131. The van der Waals surface area contributed by atoms with Crippen LogP contribution >= 0.6 is 0 Å². The van der Waals surface area contributed by atoms with Gasteiger partial charge in [0.1, 0.15) is 5.52 Å². The Bertz CT molecular complexity index is 1310. The van der Waals surface area contributed by atoms with Crippen LogP contribution in [0, 0.1) is 0 Å². The third-order valence-corrected chi connectivity index (χ3v) is 4.69. The predicted molar refractivity (Wildman–Crippen MR) is 122 cm³/mol. The molecule has 0 aliphatic carbocycles. The summed E-state index contributed by atoms with van der Waals surface area (Å²) in [5.41, 5.74) is 5.75. The van der Waals surface area contributed by atoms with Gasteiger partial charge in [0.2, 0.25) is 0 Å². The van der Waals surface area contributed by atoms with Gasteiger partial charge in [-0.15, -0.1) is 0 Å². The topological polar surface area (TPSA) is 116 Å². The van der Waals surface area contributed by atoms with Gasteiger partial charge in [0.25, 0.3) is 0 Å². The van der Waals surface area contributed by atoms with E-state index in [1.54, 1.807) is 18.3 Å². The van der Waals surface area contributed by atoms with E-state index in [4.69, 9.17) is 25.3 Å². The van der Waals surface area contributed by atoms with E-state index < -0.39 is 12.3 Å². The fraction of sp³-hybridized carbons (Fsp3) is 0.0400. The molecule has 7 heteroatoms. The number of carboxylic acids is 1. The van der Waals surface area contributed by atoms with Gasteiger partial charge in [0.15, 0.2) is 11.9 Å². The van der Waals surface area contributed by atoms with Gasteiger partial charge >= 0.3 is 5.97 Å². The largest absolute Gasteiger partial charge is 0.478 e. The summed E-state index contributed by atoms with van der Waals surface area (Å²) in [5, 5.41) is 26.8. The molecular formula is C25H19N3O4. The van der Waals surface area contributed by atoms with Crippen molar-refractivity contribution in [1.82, 2.24) is 15.0 Å². The van der Waals surface area contributed by atoms with Crippen LogP contribution in [0.25, 0.3) is 45.8 Å². The zero-order chi connectivity index (χ0) is 22.5. The zero-order valence-corrected chi connectivity index (χ0v) is 16.8. The molecule has 2 aromatic carbocycles. The Morgan fingerprint density at radius 1 is 0.812 bits per heavy atom. The summed E-state index contributed by atoms with van der Waals surface area (Å²) in [6.07, 6.45) is 5.67. The van der Waals surface area contributed by atoms with Crippen LogP contribution in [0.15, 0.2) is 79.0 Å². The monoisotopic (exact) mass is 425 g/mol. The number of rotatable bonds is 6. The number of fused-ring (bicyclic) bond motifs is 1. The molecule has 158 valence electrons. The number of aliphatic hydroxyl groups is 2. The molecule has 4 aromatic rings. The molecule has 2 heterocycles. The van der Waals surface area contributed by atoms with Crippen molar-refractivity contribution >= 4 is 29.3 Å². The van der Waals surface area contributed by atoms with E-state index in [1.165, 1.54) is 12.2 Å². The number of aromatic nitrogens is 3. The maximum absolute atomic E-state index is 10.7. The standard InChI is InChI=1S/C25H19N3O4/c29-21(30)13-7-16-3-9-18(10-4-16)23-24(28-25-20(27-23)2-1-15-26-25)19-11-5-17(6-12-19)8-14-22(31)32/h1-15,22,31-32H,(H,29,30)/b13-7+,14-8+. The van der Waals surface area contributed by atoms with Gasteiger partial charge in [-0.25, -0.2) is 19.7 Å². The Kier molecular flexibility index (Phi) is 6.12. The fourth-order valence-electron chi connectivity index (χ4n) is 3.17. The van der Waals surface area contributed by atoms with Gasteiger partial charge in [-0.3, -0.25) is 0 Å². The first-order valence-corrected chi connectivity index (χ1v) is 9.78. The summed E-state index contributed by atoms with van der Waals surface area (Å²) < 4.78 is 0. The van der Waals surface area contributed by atoms with Crippen LogP contribution in [0.5, 0.6) is 0 Å². The number of hydrogen-bond donors (Lipinski definition) is 3. The summed E-state index contributed by atoms with van der Waals surface area (Å²) in [6, 6.07) is 18.5. The van der Waals surface area contributed by atoms with Gasteiger partial charge in [0.05, 0.1) is 11.4 Å². The van der Waals surface area contributed by atoms with Crippen molar-refractivity contribution in [3.8, 4) is 22.5 Å². The molecule has 0 saturated carbocycles. The maximum Gasteiger partial charge on any atom is 0.328 e. The molecule has 7 nitrogen and oxygen atoms in total. The zero-order valence-electron chi connectivity index (χ0n) is 16.8. The van der Waals surface area contributed by atoms with Crippen LogP contribution in [-0.4, -0.2) is 42.5 Å². The van der Waals surface area contributed by atoms with Gasteiger partial charge < -0.3 is 15.3 Å². The van der Waals surface area contributed by atoms with Crippen molar-refractivity contribution in [3.63, 3.8) is 0 Å². The van der Waals surface area contributed by atoms with Crippen molar-refractivity contribution in [2.24, 2.45) is 0 Å². The Balaban J connectivity index is 1.78. The highest BCUT2D eigenvalue weighted by Crippen LogP contribution is 2.31. The van der Waals surface area contributed by atoms with E-state index in [9.17, 15) is 4.79 Å². The molecular weight excluding hydrogens is 406 g/mol. The van der Waals surface area contributed by atoms with Crippen LogP contribution in [0.1, 0.15) is 11.1 Å². The molecule has 2 aromatic heterocycles. The SMILES string of the molecule is O=C(O)/C=C/c1ccc(-c2nc3cccnc3nc2-c2ccc(/C=C/C(O)O)cc2)cc1. The van der Waals surface area contributed by atoms with Crippen LogP contribution < -0.4 is 0 Å². The van der Waals surface area contributed by atoms with Crippen molar-refractivity contribution in [2.75, 3.05) is 0 Å². The van der Waals surface area contributed by atoms with Crippen molar-refractivity contribution < 1.29 is 20.1 Å². The second-order valence-electron chi connectivity index (χ2n) is 6.96. The smallest absolute Gasteiger partial charge is 0.328 e. The predicted octanol–water partition coefficient (Wildman–Crippen LogP) is 3.78. The highest BCUT2D eigenvalue weighted by atomic mass is 16.5. The lowest BCUT2D eigenvalue weighted by atomic mass is 10.0.